The van der Waals surface area contributed by atoms with Crippen LogP contribution in [0.1, 0.15) is 0 Å². The van der Waals surface area contributed by atoms with Crippen molar-refractivity contribution in [3.05, 3.63) is 53.1 Å². The first-order valence-electron chi connectivity index (χ1n) is 5.32. The molecule has 20 heavy (non-hydrogen) atoms. The van der Waals surface area contributed by atoms with Crippen molar-refractivity contribution in [2.24, 2.45) is 0 Å². The van der Waals surface area contributed by atoms with E-state index < -0.39 is 21.7 Å². The molecule has 106 valence electrons. The number of benzene rings is 2. The zero-order chi connectivity index (χ0) is 14.9. The molecule has 0 atom stereocenters. The van der Waals surface area contributed by atoms with E-state index >= 15 is 0 Å². The summed E-state index contributed by atoms with van der Waals surface area (Å²) >= 11 is 5.74. The van der Waals surface area contributed by atoms with Gasteiger partial charge in [0.25, 0.3) is 10.0 Å². The predicted molar refractivity (Wildman–Crippen MR) is 73.0 cm³/mol. The van der Waals surface area contributed by atoms with Crippen molar-refractivity contribution >= 4 is 33.0 Å². The summed E-state index contributed by atoms with van der Waals surface area (Å²) in [5.41, 5.74) is 5.62. The molecule has 3 N–H and O–H groups in total. The normalized spacial score (nSPS) is 11.3. The lowest BCUT2D eigenvalue weighted by atomic mass is 10.3. The van der Waals surface area contributed by atoms with Crippen molar-refractivity contribution in [3.63, 3.8) is 0 Å². The van der Waals surface area contributed by atoms with Gasteiger partial charge in [0.2, 0.25) is 0 Å². The molecule has 0 aromatic heterocycles. The van der Waals surface area contributed by atoms with Gasteiger partial charge in [0.15, 0.2) is 11.6 Å². The molecule has 2 aromatic carbocycles. The Morgan fingerprint density at radius 2 is 1.75 bits per heavy atom. The van der Waals surface area contributed by atoms with Crippen LogP contribution in [0.3, 0.4) is 0 Å². The maximum absolute atomic E-state index is 13.0. The summed E-state index contributed by atoms with van der Waals surface area (Å²) in [6.07, 6.45) is 0. The first-order valence-corrected chi connectivity index (χ1v) is 7.18. The lowest BCUT2D eigenvalue weighted by Crippen LogP contribution is -2.13. The molecule has 8 heteroatoms. The lowest BCUT2D eigenvalue weighted by molar-refractivity contribution is 0.509. The average molecular weight is 319 g/mol. The number of hydrogen-bond donors (Lipinski definition) is 2. The molecule has 0 amide bonds. The number of anilines is 2. The Labute approximate surface area is 119 Å². The zero-order valence-electron chi connectivity index (χ0n) is 9.90. The van der Waals surface area contributed by atoms with Crippen LogP contribution in [0.25, 0.3) is 0 Å². The van der Waals surface area contributed by atoms with Crippen LogP contribution in [-0.4, -0.2) is 8.42 Å². The van der Waals surface area contributed by atoms with Gasteiger partial charge in [-0.05, 0) is 30.3 Å². The summed E-state index contributed by atoms with van der Waals surface area (Å²) in [5, 5.41) is 0.0816. The van der Waals surface area contributed by atoms with Crippen LogP contribution in [0.5, 0.6) is 0 Å². The van der Waals surface area contributed by atoms with E-state index in [1.165, 1.54) is 18.2 Å². The number of hydrogen-bond acceptors (Lipinski definition) is 3. The highest BCUT2D eigenvalue weighted by Gasteiger charge is 2.16. The summed E-state index contributed by atoms with van der Waals surface area (Å²) in [5.74, 6) is -2.22. The van der Waals surface area contributed by atoms with Gasteiger partial charge >= 0.3 is 0 Å². The molecule has 0 aliphatic carbocycles. The van der Waals surface area contributed by atoms with Crippen molar-refractivity contribution in [2.45, 2.75) is 4.90 Å². The number of nitrogens with one attached hydrogen (secondary N) is 1. The summed E-state index contributed by atoms with van der Waals surface area (Å²) in [6, 6.07) is 6.43. The minimum absolute atomic E-state index is 0.0816. The monoisotopic (exact) mass is 318 g/mol. The number of nitrogen functional groups attached to an aromatic ring is 1. The number of nitrogens with two attached hydrogens (primary N) is 1. The fraction of sp³-hybridized carbons (Fsp3) is 0. The van der Waals surface area contributed by atoms with Crippen LogP contribution < -0.4 is 10.5 Å². The van der Waals surface area contributed by atoms with E-state index in [1.54, 1.807) is 0 Å². The number of sulfonamides is 1. The van der Waals surface area contributed by atoms with Crippen LogP contribution >= 0.6 is 11.6 Å². The molecule has 0 bridgehead atoms. The molecule has 0 aliphatic rings. The third-order valence-electron chi connectivity index (χ3n) is 2.45. The van der Waals surface area contributed by atoms with E-state index in [4.69, 9.17) is 17.3 Å². The fourth-order valence-corrected chi connectivity index (χ4v) is 2.77. The van der Waals surface area contributed by atoms with Gasteiger partial charge in [-0.1, -0.05) is 11.6 Å². The minimum Gasteiger partial charge on any atom is -0.398 e. The molecule has 0 unspecified atom stereocenters. The minimum atomic E-state index is -3.96. The highest BCUT2D eigenvalue weighted by atomic mass is 35.5. The highest BCUT2D eigenvalue weighted by molar-refractivity contribution is 7.92. The van der Waals surface area contributed by atoms with E-state index in [9.17, 15) is 17.2 Å². The second-order valence-corrected chi connectivity index (χ2v) is 6.01. The molecule has 0 radical (unpaired) electrons. The van der Waals surface area contributed by atoms with Gasteiger partial charge in [0.05, 0.1) is 21.3 Å². The molecule has 0 spiro atoms. The van der Waals surface area contributed by atoms with Gasteiger partial charge in [-0.15, -0.1) is 0 Å². The van der Waals surface area contributed by atoms with Crippen LogP contribution in [0.2, 0.25) is 5.02 Å². The Morgan fingerprint density at radius 1 is 1.05 bits per heavy atom. The smallest absolute Gasteiger partial charge is 0.261 e. The molecule has 2 rings (SSSR count). The SMILES string of the molecule is Nc1ccc(S(=O)(=O)Nc2ccc(F)c(F)c2)cc1Cl. The summed E-state index contributed by atoms with van der Waals surface area (Å²) in [4.78, 5) is -0.138. The maximum Gasteiger partial charge on any atom is 0.261 e. The summed E-state index contributed by atoms with van der Waals surface area (Å²) in [6.45, 7) is 0. The largest absolute Gasteiger partial charge is 0.398 e. The van der Waals surface area contributed by atoms with E-state index in [-0.39, 0.29) is 21.3 Å². The van der Waals surface area contributed by atoms with Gasteiger partial charge in [0.1, 0.15) is 0 Å². The molecule has 0 heterocycles. The van der Waals surface area contributed by atoms with E-state index in [0.29, 0.717) is 0 Å². The second-order valence-electron chi connectivity index (χ2n) is 3.92. The van der Waals surface area contributed by atoms with Crippen LogP contribution in [0, 0.1) is 11.6 Å². The zero-order valence-corrected chi connectivity index (χ0v) is 11.5. The van der Waals surface area contributed by atoms with Crippen molar-refractivity contribution in [3.8, 4) is 0 Å². The third kappa shape index (κ3) is 3.00. The summed E-state index contributed by atoms with van der Waals surface area (Å²) in [7, 11) is -3.96. The first-order chi connectivity index (χ1) is 9.29. The van der Waals surface area contributed by atoms with Crippen molar-refractivity contribution in [1.82, 2.24) is 0 Å². The van der Waals surface area contributed by atoms with Gasteiger partial charge in [-0.25, -0.2) is 17.2 Å². The fourth-order valence-electron chi connectivity index (χ4n) is 1.45. The molecule has 0 fully saturated rings. The quantitative estimate of drug-likeness (QED) is 0.854. The number of rotatable bonds is 3. The molecular formula is C12H9ClF2N2O2S. The topological polar surface area (TPSA) is 72.2 Å². The van der Waals surface area contributed by atoms with Crippen LogP contribution in [-0.2, 0) is 10.0 Å². The van der Waals surface area contributed by atoms with Gasteiger partial charge in [-0.2, -0.15) is 0 Å². The van der Waals surface area contributed by atoms with Crippen molar-refractivity contribution < 1.29 is 17.2 Å². The number of halogens is 3. The van der Waals surface area contributed by atoms with Crippen LogP contribution in [0.4, 0.5) is 20.2 Å². The molecule has 0 saturated heterocycles. The molecule has 2 aromatic rings. The Bertz CT molecular complexity index is 766. The van der Waals surface area contributed by atoms with E-state index in [0.717, 1.165) is 18.2 Å². The Kier molecular flexibility index (Phi) is 3.82. The van der Waals surface area contributed by atoms with Crippen molar-refractivity contribution in [1.29, 1.82) is 0 Å². The maximum atomic E-state index is 13.0. The van der Waals surface area contributed by atoms with Gasteiger partial charge in [-0.3, -0.25) is 4.72 Å². The predicted octanol–water partition coefficient (Wildman–Crippen LogP) is 3.00. The summed E-state index contributed by atoms with van der Waals surface area (Å²) < 4.78 is 52.0. The Morgan fingerprint density at radius 3 is 2.35 bits per heavy atom. The Hall–Kier alpha value is -1.86. The van der Waals surface area contributed by atoms with Crippen LogP contribution in [0.15, 0.2) is 41.3 Å². The van der Waals surface area contributed by atoms with Crippen molar-refractivity contribution in [2.75, 3.05) is 10.5 Å². The Balaban J connectivity index is 2.35. The van der Waals surface area contributed by atoms with E-state index in [2.05, 4.69) is 4.72 Å². The van der Waals surface area contributed by atoms with Gasteiger partial charge < -0.3 is 5.73 Å². The standard InChI is InChI=1S/C12H9ClF2N2O2S/c13-9-6-8(2-4-12(9)16)20(18,19)17-7-1-3-10(14)11(15)5-7/h1-6,17H,16H2. The molecule has 0 aliphatic heterocycles. The molecular weight excluding hydrogens is 310 g/mol. The average Bonchev–Trinajstić information content (AvgIpc) is 2.37. The third-order valence-corrected chi connectivity index (χ3v) is 4.16. The van der Waals surface area contributed by atoms with Gasteiger partial charge in [0, 0.05) is 6.07 Å². The lowest BCUT2D eigenvalue weighted by Gasteiger charge is -2.09. The second kappa shape index (κ2) is 5.26. The molecule has 4 nitrogen and oxygen atoms in total. The van der Waals surface area contributed by atoms with E-state index in [1.807, 2.05) is 0 Å². The first kappa shape index (κ1) is 14.5. The highest BCUT2D eigenvalue weighted by Crippen LogP contribution is 2.24. The molecule has 0 saturated carbocycles.